The molecule has 2 aromatic carbocycles. The molecule has 0 aliphatic carbocycles. The first kappa shape index (κ1) is 24.3. The van der Waals surface area contributed by atoms with E-state index in [9.17, 15) is 19.1 Å². The first-order chi connectivity index (χ1) is 15.7. The van der Waals surface area contributed by atoms with Gasteiger partial charge in [0.15, 0.2) is 0 Å². The highest BCUT2D eigenvalue weighted by Gasteiger charge is 2.35. The molecule has 0 spiro atoms. The number of aliphatic carboxylic acids is 1. The Morgan fingerprint density at radius 3 is 2.61 bits per heavy atom. The molecule has 8 nitrogen and oxygen atoms in total. The van der Waals surface area contributed by atoms with Gasteiger partial charge in [-0.2, -0.15) is 0 Å². The second kappa shape index (κ2) is 10.5. The van der Waals surface area contributed by atoms with Crippen molar-refractivity contribution in [3.8, 4) is 11.1 Å². The Morgan fingerprint density at radius 2 is 2.00 bits per heavy atom. The van der Waals surface area contributed by atoms with Gasteiger partial charge in [0.25, 0.3) is 5.91 Å². The molecule has 0 radical (unpaired) electrons. The first-order valence-electron chi connectivity index (χ1n) is 10.4. The second-order valence-corrected chi connectivity index (χ2v) is 8.61. The molecule has 174 valence electrons. The summed E-state index contributed by atoms with van der Waals surface area (Å²) in [5, 5.41) is 22.7. The van der Waals surface area contributed by atoms with E-state index in [1.54, 1.807) is 25.1 Å². The Labute approximate surface area is 195 Å². The molecule has 0 aliphatic rings. The van der Waals surface area contributed by atoms with Crippen molar-refractivity contribution in [2.75, 3.05) is 6.54 Å². The molecular weight excluding hydrogens is 449 g/mol. The summed E-state index contributed by atoms with van der Waals surface area (Å²) < 4.78 is 14.2. The Bertz CT molecular complexity index is 1110. The third-order valence-electron chi connectivity index (χ3n) is 5.58. The van der Waals surface area contributed by atoms with Gasteiger partial charge in [-0.25, -0.2) is 4.39 Å². The van der Waals surface area contributed by atoms with E-state index in [-0.39, 0.29) is 30.9 Å². The number of carbonyl (C=O) groups is 2. The molecule has 1 heterocycles. The molecule has 3 rings (SSSR count). The van der Waals surface area contributed by atoms with E-state index in [0.717, 1.165) is 5.56 Å². The monoisotopic (exact) mass is 473 g/mol. The number of nitrogens with two attached hydrogens (primary N) is 1. The number of nitrogens with zero attached hydrogens (tertiary/aromatic N) is 2. The number of hydrogen-bond donors (Lipinski definition) is 4. The average Bonchev–Trinajstić information content (AvgIpc) is 3.31. The van der Waals surface area contributed by atoms with Crippen molar-refractivity contribution in [3.63, 3.8) is 0 Å². The van der Waals surface area contributed by atoms with Crippen LogP contribution in [-0.4, -0.2) is 45.0 Å². The zero-order chi connectivity index (χ0) is 24.0. The topological polar surface area (TPSA) is 134 Å². The molecule has 0 aliphatic heterocycles. The summed E-state index contributed by atoms with van der Waals surface area (Å²) in [7, 11) is 0. The van der Waals surface area contributed by atoms with Crippen molar-refractivity contribution in [1.82, 2.24) is 20.7 Å². The largest absolute Gasteiger partial charge is 0.481 e. The van der Waals surface area contributed by atoms with Gasteiger partial charge in [-0.15, -0.1) is 5.10 Å². The van der Waals surface area contributed by atoms with Gasteiger partial charge in [0, 0.05) is 16.6 Å². The highest BCUT2D eigenvalue weighted by molar-refractivity contribution is 6.30. The number of halogens is 2. The lowest BCUT2D eigenvalue weighted by atomic mass is 9.79. The number of aromatic amines is 1. The molecule has 0 unspecified atom stereocenters. The number of amides is 1. The van der Waals surface area contributed by atoms with Gasteiger partial charge >= 0.3 is 5.97 Å². The second-order valence-electron chi connectivity index (χ2n) is 8.17. The predicted molar refractivity (Wildman–Crippen MR) is 122 cm³/mol. The first-order valence-corrected chi connectivity index (χ1v) is 10.7. The Balaban J connectivity index is 1.83. The number of H-pyrrole nitrogens is 1. The summed E-state index contributed by atoms with van der Waals surface area (Å²) in [6, 6.07) is 11.0. The molecule has 0 bridgehead atoms. The van der Waals surface area contributed by atoms with Crippen molar-refractivity contribution in [3.05, 3.63) is 70.8 Å². The molecule has 2 atom stereocenters. The minimum absolute atomic E-state index is 0.164. The smallest absolute Gasteiger partial charge is 0.309 e. The highest BCUT2D eigenvalue weighted by Crippen LogP contribution is 2.30. The Morgan fingerprint density at radius 1 is 1.27 bits per heavy atom. The van der Waals surface area contributed by atoms with Crippen LogP contribution in [0.2, 0.25) is 5.02 Å². The van der Waals surface area contributed by atoms with Crippen molar-refractivity contribution >= 4 is 23.5 Å². The number of carboxylic acids is 1. The normalized spacial score (nSPS) is 13.8. The average molecular weight is 474 g/mol. The van der Waals surface area contributed by atoms with Crippen molar-refractivity contribution in [2.24, 2.45) is 11.1 Å². The fourth-order valence-electron chi connectivity index (χ4n) is 3.73. The molecule has 0 fully saturated rings. The maximum absolute atomic E-state index is 14.2. The molecule has 1 aromatic heterocycles. The van der Waals surface area contributed by atoms with Crippen LogP contribution in [0.25, 0.3) is 11.1 Å². The number of benzene rings is 2. The van der Waals surface area contributed by atoms with E-state index in [4.69, 9.17) is 17.3 Å². The van der Waals surface area contributed by atoms with E-state index in [2.05, 4.69) is 20.7 Å². The molecule has 0 saturated carbocycles. The van der Waals surface area contributed by atoms with Crippen LogP contribution in [0.5, 0.6) is 0 Å². The molecule has 3 aromatic rings. The van der Waals surface area contributed by atoms with Crippen molar-refractivity contribution in [1.29, 1.82) is 0 Å². The minimum Gasteiger partial charge on any atom is -0.481 e. The lowest BCUT2D eigenvalue weighted by Crippen LogP contribution is -2.43. The van der Waals surface area contributed by atoms with Gasteiger partial charge in [0.2, 0.25) is 0 Å². The zero-order valence-corrected chi connectivity index (χ0v) is 18.8. The van der Waals surface area contributed by atoms with E-state index in [0.29, 0.717) is 22.6 Å². The van der Waals surface area contributed by atoms with Gasteiger partial charge < -0.3 is 16.2 Å². The third kappa shape index (κ3) is 6.15. The number of carboxylic acid groups (broad SMARTS) is 1. The van der Waals surface area contributed by atoms with Gasteiger partial charge in [-0.1, -0.05) is 41.1 Å². The molecule has 10 heteroatoms. The summed E-state index contributed by atoms with van der Waals surface area (Å²) in [5.41, 5.74) is 6.57. The molecule has 33 heavy (non-hydrogen) atoms. The summed E-state index contributed by atoms with van der Waals surface area (Å²) in [5.74, 6) is -1.81. The minimum atomic E-state index is -1.12. The lowest BCUT2D eigenvalue weighted by Gasteiger charge is -2.30. The van der Waals surface area contributed by atoms with E-state index in [1.807, 2.05) is 12.1 Å². The van der Waals surface area contributed by atoms with Crippen LogP contribution < -0.4 is 11.1 Å². The van der Waals surface area contributed by atoms with Crippen LogP contribution in [0.15, 0.2) is 48.7 Å². The lowest BCUT2D eigenvalue weighted by molar-refractivity contribution is -0.149. The Kier molecular flexibility index (Phi) is 7.78. The van der Waals surface area contributed by atoms with Crippen LogP contribution in [0, 0.1) is 11.2 Å². The summed E-state index contributed by atoms with van der Waals surface area (Å²) in [6.07, 6.45) is 2.07. The van der Waals surface area contributed by atoms with Crippen LogP contribution >= 0.6 is 11.6 Å². The van der Waals surface area contributed by atoms with Crippen molar-refractivity contribution in [2.45, 2.75) is 32.2 Å². The maximum atomic E-state index is 14.2. The van der Waals surface area contributed by atoms with Gasteiger partial charge in [0.1, 0.15) is 11.5 Å². The summed E-state index contributed by atoms with van der Waals surface area (Å²) in [4.78, 5) is 24.5. The summed E-state index contributed by atoms with van der Waals surface area (Å²) >= 11 is 6.00. The van der Waals surface area contributed by atoms with Crippen LogP contribution in [0.3, 0.4) is 0 Å². The summed E-state index contributed by atoms with van der Waals surface area (Å²) in [6.45, 7) is 1.82. The fourth-order valence-corrected chi connectivity index (χ4v) is 3.90. The molecule has 1 amide bonds. The third-order valence-corrected chi connectivity index (χ3v) is 5.81. The molecular formula is C23H25ClFN5O3. The SMILES string of the molecule is C[C@@](CCN)(C[C@@H](Cc1ccc(-c2cc(Cl)ccc2F)cc1)NC(=O)c1cnn[nH]1)C(=O)O. The number of hydrogen-bond acceptors (Lipinski definition) is 5. The van der Waals surface area contributed by atoms with Gasteiger partial charge in [-0.3, -0.25) is 14.7 Å². The van der Waals surface area contributed by atoms with Crippen LogP contribution in [0.1, 0.15) is 35.8 Å². The quantitative estimate of drug-likeness (QED) is 0.356. The predicted octanol–water partition coefficient (Wildman–Crippen LogP) is 3.44. The van der Waals surface area contributed by atoms with Crippen LogP contribution in [-0.2, 0) is 11.2 Å². The van der Waals surface area contributed by atoms with E-state index < -0.39 is 23.3 Å². The standard InChI is InChI=1S/C23H25ClFN5O3/c1-23(8-9-26,22(32)33)12-17(28-21(31)20-13-27-30-29-20)10-14-2-4-15(5-3-14)18-11-16(24)6-7-19(18)25/h2-7,11,13,17H,8-10,12,26H2,1H3,(H,28,31)(H,32,33)(H,27,29,30)/t17-,23-/m1/s1. The van der Waals surface area contributed by atoms with Gasteiger partial charge in [-0.05, 0) is 62.1 Å². The number of rotatable bonds is 10. The number of carbonyl (C=O) groups excluding carboxylic acids is 1. The van der Waals surface area contributed by atoms with Gasteiger partial charge in [0.05, 0.1) is 11.6 Å². The molecule has 0 saturated heterocycles. The number of nitrogens with one attached hydrogen (secondary N) is 2. The molecule has 5 N–H and O–H groups in total. The zero-order valence-electron chi connectivity index (χ0n) is 18.0. The van der Waals surface area contributed by atoms with E-state index >= 15 is 0 Å². The maximum Gasteiger partial charge on any atom is 0.309 e. The van der Waals surface area contributed by atoms with Crippen molar-refractivity contribution < 1.29 is 19.1 Å². The van der Waals surface area contributed by atoms with E-state index in [1.165, 1.54) is 18.3 Å². The Hall–Kier alpha value is -3.30. The highest BCUT2D eigenvalue weighted by atomic mass is 35.5. The fraction of sp³-hybridized carbons (Fsp3) is 0.304. The number of aromatic nitrogens is 3. The van der Waals surface area contributed by atoms with Crippen LogP contribution in [0.4, 0.5) is 4.39 Å².